The van der Waals surface area contributed by atoms with Gasteiger partial charge in [-0.25, -0.2) is 4.68 Å². The maximum absolute atomic E-state index is 13.0. The van der Waals surface area contributed by atoms with Crippen LogP contribution >= 0.6 is 23.2 Å². The molecule has 1 fully saturated rings. The highest BCUT2D eigenvalue weighted by molar-refractivity contribution is 6.39. The first kappa shape index (κ1) is 20.1. The summed E-state index contributed by atoms with van der Waals surface area (Å²) in [6.07, 6.45) is 0.234. The molecule has 8 heteroatoms. The number of aromatic hydroxyl groups is 1. The number of nitrogens with zero attached hydrogens (tertiary/aromatic N) is 3. The van der Waals surface area contributed by atoms with Gasteiger partial charge in [-0.3, -0.25) is 9.69 Å². The molecule has 0 spiro atoms. The number of halogens is 2. The van der Waals surface area contributed by atoms with Crippen molar-refractivity contribution in [1.29, 1.82) is 0 Å². The third-order valence-electron chi connectivity index (χ3n) is 4.73. The number of ether oxygens (including phenoxy) is 1. The first-order chi connectivity index (χ1) is 12.7. The summed E-state index contributed by atoms with van der Waals surface area (Å²) >= 11 is 13.0. The van der Waals surface area contributed by atoms with Gasteiger partial charge in [0.15, 0.2) is 0 Å². The van der Waals surface area contributed by atoms with Crippen molar-refractivity contribution in [2.45, 2.75) is 39.5 Å². The Morgan fingerprint density at radius 3 is 2.48 bits per heavy atom. The van der Waals surface area contributed by atoms with E-state index in [1.54, 1.807) is 26.1 Å². The van der Waals surface area contributed by atoms with Crippen molar-refractivity contribution in [3.63, 3.8) is 0 Å². The standard InChI is InChI=1S/C19H23Cl2N3O3/c1-10-7-24(8-11(2)27-10)9-14-15(20)6-5-13(17(14)21)18(25)16-12(3)22-23(4)19(16)26/h5-6,10-11,26H,7-9H2,1-4H3. The number of hydrogen-bond acceptors (Lipinski definition) is 5. The van der Waals surface area contributed by atoms with Crippen LogP contribution < -0.4 is 0 Å². The molecule has 2 unspecified atom stereocenters. The number of benzene rings is 1. The number of rotatable bonds is 4. The van der Waals surface area contributed by atoms with Gasteiger partial charge in [0.1, 0.15) is 5.56 Å². The van der Waals surface area contributed by atoms with Crippen molar-refractivity contribution in [1.82, 2.24) is 14.7 Å². The molecule has 1 aliphatic heterocycles. The first-order valence-corrected chi connectivity index (χ1v) is 9.56. The summed E-state index contributed by atoms with van der Waals surface area (Å²) in [6, 6.07) is 3.26. The summed E-state index contributed by atoms with van der Waals surface area (Å²) in [6.45, 7) is 7.78. The number of aromatic nitrogens is 2. The average Bonchev–Trinajstić information content (AvgIpc) is 2.82. The fourth-order valence-corrected chi connectivity index (χ4v) is 4.18. The van der Waals surface area contributed by atoms with Crippen molar-refractivity contribution >= 4 is 29.0 Å². The van der Waals surface area contributed by atoms with E-state index in [0.717, 1.165) is 13.1 Å². The number of carbonyl (C=O) groups excluding carboxylic acids is 1. The van der Waals surface area contributed by atoms with Gasteiger partial charge in [0.2, 0.25) is 11.7 Å². The van der Waals surface area contributed by atoms with Gasteiger partial charge >= 0.3 is 0 Å². The van der Waals surface area contributed by atoms with E-state index in [-0.39, 0.29) is 29.4 Å². The fourth-order valence-electron chi connectivity index (χ4n) is 3.60. The molecule has 146 valence electrons. The van der Waals surface area contributed by atoms with E-state index in [1.807, 2.05) is 13.8 Å². The maximum Gasteiger partial charge on any atom is 0.220 e. The summed E-state index contributed by atoms with van der Waals surface area (Å²) in [5, 5.41) is 15.1. The highest BCUT2D eigenvalue weighted by Crippen LogP contribution is 2.33. The van der Waals surface area contributed by atoms with Crippen molar-refractivity contribution < 1.29 is 14.6 Å². The van der Waals surface area contributed by atoms with Gasteiger partial charge in [0.05, 0.1) is 22.9 Å². The lowest BCUT2D eigenvalue weighted by atomic mass is 10.0. The van der Waals surface area contributed by atoms with Crippen LogP contribution in [0.15, 0.2) is 12.1 Å². The van der Waals surface area contributed by atoms with Crippen molar-refractivity contribution in [3.8, 4) is 5.88 Å². The molecule has 2 aromatic rings. The summed E-state index contributed by atoms with van der Waals surface area (Å²) in [7, 11) is 1.58. The van der Waals surface area contributed by atoms with Crippen molar-refractivity contribution in [2.75, 3.05) is 13.1 Å². The van der Waals surface area contributed by atoms with E-state index < -0.39 is 0 Å². The van der Waals surface area contributed by atoms with Crippen LogP contribution in [0.3, 0.4) is 0 Å². The lowest BCUT2D eigenvalue weighted by molar-refractivity contribution is -0.0704. The molecule has 0 bridgehead atoms. The van der Waals surface area contributed by atoms with Crippen LogP contribution in [-0.4, -0.2) is 50.9 Å². The first-order valence-electron chi connectivity index (χ1n) is 8.81. The minimum absolute atomic E-state index is 0.117. The molecule has 0 aliphatic carbocycles. The minimum atomic E-state index is -0.371. The molecule has 27 heavy (non-hydrogen) atoms. The molecule has 6 nitrogen and oxygen atoms in total. The van der Waals surface area contributed by atoms with Gasteiger partial charge < -0.3 is 9.84 Å². The Kier molecular flexibility index (Phi) is 5.82. The van der Waals surface area contributed by atoms with Crippen LogP contribution in [0, 0.1) is 6.92 Å². The average molecular weight is 412 g/mol. The number of ketones is 1. The predicted octanol–water partition coefficient (Wildman–Crippen LogP) is 3.58. The maximum atomic E-state index is 13.0. The third-order valence-corrected chi connectivity index (χ3v) is 5.51. The normalized spacial score (nSPS) is 20.8. The summed E-state index contributed by atoms with van der Waals surface area (Å²) in [4.78, 5) is 15.2. The van der Waals surface area contributed by atoms with Crippen molar-refractivity contribution in [3.05, 3.63) is 44.6 Å². The molecule has 0 saturated carbocycles. The Bertz CT molecular complexity index is 872. The van der Waals surface area contributed by atoms with Crippen molar-refractivity contribution in [2.24, 2.45) is 7.05 Å². The molecular weight excluding hydrogens is 389 g/mol. The van der Waals surface area contributed by atoms with Gasteiger partial charge in [0, 0.05) is 42.8 Å². The highest BCUT2D eigenvalue weighted by Gasteiger charge is 2.27. The van der Waals surface area contributed by atoms with Gasteiger partial charge in [-0.1, -0.05) is 23.2 Å². The lowest BCUT2D eigenvalue weighted by Crippen LogP contribution is -2.44. The summed E-state index contributed by atoms with van der Waals surface area (Å²) in [5.41, 5.74) is 1.60. The molecule has 1 N–H and O–H groups in total. The molecule has 1 aromatic carbocycles. The summed E-state index contributed by atoms with van der Waals surface area (Å²) < 4.78 is 7.03. The zero-order valence-corrected chi connectivity index (χ0v) is 17.3. The van der Waals surface area contributed by atoms with Crippen LogP contribution in [-0.2, 0) is 18.3 Å². The van der Waals surface area contributed by atoms with Crippen LogP contribution in [0.5, 0.6) is 5.88 Å². The van der Waals surface area contributed by atoms with E-state index in [0.29, 0.717) is 33.4 Å². The van der Waals surface area contributed by atoms with Gasteiger partial charge in [-0.15, -0.1) is 0 Å². The van der Waals surface area contributed by atoms with E-state index in [9.17, 15) is 9.90 Å². The Morgan fingerprint density at radius 2 is 1.93 bits per heavy atom. The van der Waals surface area contributed by atoms with E-state index in [4.69, 9.17) is 27.9 Å². The van der Waals surface area contributed by atoms with E-state index in [2.05, 4.69) is 10.00 Å². The highest BCUT2D eigenvalue weighted by atomic mass is 35.5. The van der Waals surface area contributed by atoms with E-state index >= 15 is 0 Å². The molecule has 2 heterocycles. The number of morpholine rings is 1. The lowest BCUT2D eigenvalue weighted by Gasteiger charge is -2.35. The number of hydrogen-bond donors (Lipinski definition) is 1. The quantitative estimate of drug-likeness (QED) is 0.778. The monoisotopic (exact) mass is 411 g/mol. The molecule has 2 atom stereocenters. The SMILES string of the molecule is Cc1nn(C)c(O)c1C(=O)c1ccc(Cl)c(CN2CC(C)OC(C)C2)c1Cl. The van der Waals surface area contributed by atoms with Crippen LogP contribution in [0.1, 0.15) is 41.0 Å². The molecular formula is C19H23Cl2N3O3. The minimum Gasteiger partial charge on any atom is -0.493 e. The van der Waals surface area contributed by atoms with Crippen LogP contribution in [0.4, 0.5) is 0 Å². The Morgan fingerprint density at radius 1 is 1.30 bits per heavy atom. The molecule has 0 amide bonds. The Labute approximate surface area is 168 Å². The Balaban J connectivity index is 1.95. The van der Waals surface area contributed by atoms with Crippen LogP contribution in [0.25, 0.3) is 0 Å². The second kappa shape index (κ2) is 7.80. The second-order valence-corrected chi connectivity index (χ2v) is 7.86. The number of aryl methyl sites for hydroxylation is 2. The summed E-state index contributed by atoms with van der Waals surface area (Å²) in [5.74, 6) is -0.550. The van der Waals surface area contributed by atoms with Crippen LogP contribution in [0.2, 0.25) is 10.0 Å². The smallest absolute Gasteiger partial charge is 0.220 e. The third kappa shape index (κ3) is 3.99. The zero-order chi connectivity index (χ0) is 19.9. The molecule has 3 rings (SSSR count). The fraction of sp³-hybridized carbons (Fsp3) is 0.474. The molecule has 1 aliphatic rings. The topological polar surface area (TPSA) is 67.6 Å². The predicted molar refractivity (Wildman–Crippen MR) is 105 cm³/mol. The van der Waals surface area contributed by atoms with Gasteiger partial charge in [-0.05, 0) is 32.9 Å². The van der Waals surface area contributed by atoms with E-state index in [1.165, 1.54) is 4.68 Å². The number of carbonyl (C=O) groups is 1. The molecule has 1 saturated heterocycles. The van der Waals surface area contributed by atoms with Gasteiger partial charge in [-0.2, -0.15) is 5.10 Å². The zero-order valence-electron chi connectivity index (χ0n) is 15.8. The second-order valence-electron chi connectivity index (χ2n) is 7.08. The molecule has 1 aromatic heterocycles. The Hall–Kier alpha value is -1.60. The van der Waals surface area contributed by atoms with Gasteiger partial charge in [0.25, 0.3) is 0 Å². The molecule has 0 radical (unpaired) electrons. The largest absolute Gasteiger partial charge is 0.493 e.